The smallest absolute Gasteiger partial charge is 0.0938 e. The largest absolute Gasteiger partial charge is 0.397 e. The third-order valence-corrected chi connectivity index (χ3v) is 2.83. The lowest BCUT2D eigenvalue weighted by Gasteiger charge is -2.04. The molecule has 78 valence electrons. The molecule has 0 saturated heterocycles. The second-order valence-electron chi connectivity index (χ2n) is 4.10. The van der Waals surface area contributed by atoms with Crippen molar-refractivity contribution in [2.45, 2.75) is 6.92 Å². The van der Waals surface area contributed by atoms with E-state index in [1.165, 1.54) is 5.56 Å². The molecule has 0 amide bonds. The van der Waals surface area contributed by atoms with Crippen molar-refractivity contribution in [2.24, 2.45) is 0 Å². The lowest BCUT2D eigenvalue weighted by atomic mass is 10.1. The van der Waals surface area contributed by atoms with Crippen molar-refractivity contribution >= 4 is 27.5 Å². The zero-order chi connectivity index (χ0) is 11.1. The fourth-order valence-electron chi connectivity index (χ4n) is 1.99. The summed E-state index contributed by atoms with van der Waals surface area (Å²) in [5.74, 6) is 0. The molecule has 3 aromatic rings. The number of hydrogen-bond donors (Lipinski definition) is 1. The number of aromatic nitrogens is 1. The first-order valence-electron chi connectivity index (χ1n) is 5.30. The molecule has 0 bridgehead atoms. The van der Waals surface area contributed by atoms with Crippen LogP contribution in [0.4, 0.5) is 5.69 Å². The molecule has 0 spiro atoms. The first-order chi connectivity index (χ1) is 7.74. The van der Waals surface area contributed by atoms with E-state index in [1.807, 2.05) is 18.2 Å². The molecule has 2 nitrogen and oxygen atoms in total. The predicted molar refractivity (Wildman–Crippen MR) is 68.4 cm³/mol. The van der Waals surface area contributed by atoms with Crippen molar-refractivity contribution in [3.05, 3.63) is 48.0 Å². The molecule has 0 unspecified atom stereocenters. The zero-order valence-corrected chi connectivity index (χ0v) is 9.07. The van der Waals surface area contributed by atoms with Crippen molar-refractivity contribution in [3.8, 4) is 0 Å². The Labute approximate surface area is 93.7 Å². The molecule has 16 heavy (non-hydrogen) atoms. The highest BCUT2D eigenvalue weighted by Gasteiger charge is 2.02. The molecule has 2 N–H and O–H groups in total. The summed E-state index contributed by atoms with van der Waals surface area (Å²) in [6.07, 6.45) is 0. The van der Waals surface area contributed by atoms with Crippen LogP contribution in [0.15, 0.2) is 42.5 Å². The van der Waals surface area contributed by atoms with Crippen LogP contribution in [-0.2, 0) is 0 Å². The number of aryl methyl sites for hydroxylation is 1. The van der Waals surface area contributed by atoms with Gasteiger partial charge in [0.05, 0.1) is 16.7 Å². The van der Waals surface area contributed by atoms with E-state index in [9.17, 15) is 0 Å². The minimum absolute atomic E-state index is 0.737. The van der Waals surface area contributed by atoms with Gasteiger partial charge in [0.2, 0.25) is 0 Å². The fourth-order valence-corrected chi connectivity index (χ4v) is 1.99. The average Bonchev–Trinajstić information content (AvgIpc) is 2.28. The van der Waals surface area contributed by atoms with E-state index >= 15 is 0 Å². The highest BCUT2D eigenvalue weighted by molar-refractivity contribution is 5.97. The number of nitrogens with zero attached hydrogens (tertiary/aromatic N) is 1. The van der Waals surface area contributed by atoms with Crippen molar-refractivity contribution in [3.63, 3.8) is 0 Å². The van der Waals surface area contributed by atoms with Crippen LogP contribution in [0.25, 0.3) is 21.8 Å². The van der Waals surface area contributed by atoms with Crippen molar-refractivity contribution < 1.29 is 0 Å². The maximum absolute atomic E-state index is 5.92. The van der Waals surface area contributed by atoms with Gasteiger partial charge in [-0.15, -0.1) is 0 Å². The van der Waals surface area contributed by atoms with E-state index < -0.39 is 0 Å². The number of nitrogens with two attached hydrogens (primary N) is 1. The molecular formula is C14H12N2. The molecule has 0 atom stereocenters. The number of pyridine rings is 1. The van der Waals surface area contributed by atoms with E-state index in [1.54, 1.807) is 0 Å². The topological polar surface area (TPSA) is 38.9 Å². The van der Waals surface area contributed by atoms with Gasteiger partial charge in [0, 0.05) is 10.8 Å². The second kappa shape index (κ2) is 3.20. The summed E-state index contributed by atoms with van der Waals surface area (Å²) < 4.78 is 0. The number of benzene rings is 2. The van der Waals surface area contributed by atoms with Crippen LogP contribution in [0, 0.1) is 6.92 Å². The molecule has 0 aliphatic carbocycles. The van der Waals surface area contributed by atoms with Crippen LogP contribution in [0.1, 0.15) is 5.56 Å². The number of hydrogen-bond acceptors (Lipinski definition) is 2. The standard InChI is InChI=1S/C14H12N2/c1-9-5-6-10-8-11-3-2-4-12(15)14(11)16-13(10)7-9/h2-8H,15H2,1H3. The maximum atomic E-state index is 5.92. The third-order valence-electron chi connectivity index (χ3n) is 2.83. The second-order valence-corrected chi connectivity index (χ2v) is 4.10. The first-order valence-corrected chi connectivity index (χ1v) is 5.30. The molecule has 1 aromatic heterocycles. The summed E-state index contributed by atoms with van der Waals surface area (Å²) in [6, 6.07) is 14.3. The van der Waals surface area contributed by atoms with Crippen LogP contribution in [0.3, 0.4) is 0 Å². The van der Waals surface area contributed by atoms with Gasteiger partial charge in [-0.05, 0) is 30.7 Å². The Morgan fingerprint density at radius 3 is 2.75 bits per heavy atom. The van der Waals surface area contributed by atoms with Gasteiger partial charge in [0.1, 0.15) is 0 Å². The molecule has 0 aliphatic rings. The molecule has 0 saturated carbocycles. The Balaban J connectivity index is 2.49. The number of rotatable bonds is 0. The van der Waals surface area contributed by atoms with E-state index in [2.05, 4.69) is 36.2 Å². The minimum atomic E-state index is 0.737. The average molecular weight is 208 g/mol. The molecular weight excluding hydrogens is 196 g/mol. The summed E-state index contributed by atoms with van der Waals surface area (Å²) in [5.41, 5.74) is 9.77. The highest BCUT2D eigenvalue weighted by Crippen LogP contribution is 2.23. The lowest BCUT2D eigenvalue weighted by molar-refractivity contribution is 1.44. The van der Waals surface area contributed by atoms with Crippen LogP contribution < -0.4 is 5.73 Å². The third kappa shape index (κ3) is 1.31. The molecule has 0 aliphatic heterocycles. The normalized spacial score (nSPS) is 11.1. The van der Waals surface area contributed by atoms with E-state index in [0.29, 0.717) is 0 Å². The lowest BCUT2D eigenvalue weighted by Crippen LogP contribution is -1.90. The SMILES string of the molecule is Cc1ccc2cc3cccc(N)c3nc2c1. The number of anilines is 1. The van der Waals surface area contributed by atoms with Crippen LogP contribution in [0.2, 0.25) is 0 Å². The number of nitrogen functional groups attached to an aromatic ring is 1. The maximum Gasteiger partial charge on any atom is 0.0938 e. The van der Waals surface area contributed by atoms with Gasteiger partial charge in [-0.1, -0.05) is 24.3 Å². The predicted octanol–water partition coefficient (Wildman–Crippen LogP) is 3.28. The summed E-state index contributed by atoms with van der Waals surface area (Å²) in [4.78, 5) is 4.61. The Hall–Kier alpha value is -2.09. The van der Waals surface area contributed by atoms with Gasteiger partial charge in [0.15, 0.2) is 0 Å². The van der Waals surface area contributed by atoms with E-state index in [4.69, 9.17) is 5.73 Å². The Morgan fingerprint density at radius 1 is 1.00 bits per heavy atom. The number of para-hydroxylation sites is 1. The zero-order valence-electron chi connectivity index (χ0n) is 9.07. The van der Waals surface area contributed by atoms with Crippen molar-refractivity contribution in [1.82, 2.24) is 4.98 Å². The fraction of sp³-hybridized carbons (Fsp3) is 0.0714. The van der Waals surface area contributed by atoms with Crippen LogP contribution in [-0.4, -0.2) is 4.98 Å². The first kappa shape index (κ1) is 9.16. The van der Waals surface area contributed by atoms with Crippen molar-refractivity contribution in [2.75, 3.05) is 5.73 Å². The Bertz CT molecular complexity index is 687. The van der Waals surface area contributed by atoms with Gasteiger partial charge in [-0.3, -0.25) is 0 Å². The quantitative estimate of drug-likeness (QED) is 0.455. The molecule has 3 rings (SSSR count). The number of fused-ring (bicyclic) bond motifs is 2. The van der Waals surface area contributed by atoms with Gasteiger partial charge in [-0.25, -0.2) is 4.98 Å². The summed E-state index contributed by atoms with van der Waals surface area (Å²) in [6.45, 7) is 2.07. The Morgan fingerprint density at radius 2 is 1.88 bits per heavy atom. The van der Waals surface area contributed by atoms with Gasteiger partial charge in [0.25, 0.3) is 0 Å². The summed E-state index contributed by atoms with van der Waals surface area (Å²) >= 11 is 0. The monoisotopic (exact) mass is 208 g/mol. The summed E-state index contributed by atoms with van der Waals surface area (Å²) in [7, 11) is 0. The van der Waals surface area contributed by atoms with E-state index in [0.717, 1.165) is 27.5 Å². The highest BCUT2D eigenvalue weighted by atomic mass is 14.7. The molecule has 0 radical (unpaired) electrons. The van der Waals surface area contributed by atoms with Gasteiger partial charge >= 0.3 is 0 Å². The molecule has 2 aromatic carbocycles. The summed E-state index contributed by atoms with van der Waals surface area (Å²) in [5, 5.41) is 2.25. The van der Waals surface area contributed by atoms with Crippen molar-refractivity contribution in [1.29, 1.82) is 0 Å². The molecule has 2 heteroatoms. The minimum Gasteiger partial charge on any atom is -0.397 e. The van der Waals surface area contributed by atoms with Crippen LogP contribution >= 0.6 is 0 Å². The van der Waals surface area contributed by atoms with E-state index in [-0.39, 0.29) is 0 Å². The van der Waals surface area contributed by atoms with Crippen LogP contribution in [0.5, 0.6) is 0 Å². The van der Waals surface area contributed by atoms with Gasteiger partial charge in [-0.2, -0.15) is 0 Å². The Kier molecular flexibility index (Phi) is 1.83. The van der Waals surface area contributed by atoms with Gasteiger partial charge < -0.3 is 5.73 Å². The molecule has 0 fully saturated rings. The molecule has 1 heterocycles.